The average Bonchev–Trinajstić information content (AvgIpc) is 2.41. The molecule has 0 aliphatic heterocycles. The number of pyridine rings is 1. The van der Waals surface area contributed by atoms with Crippen molar-refractivity contribution in [2.75, 3.05) is 11.9 Å². The highest BCUT2D eigenvalue weighted by molar-refractivity contribution is 5.91. The molecule has 1 aromatic heterocycles. The molecule has 1 aromatic carbocycles. The Balaban J connectivity index is 1.86. The van der Waals surface area contributed by atoms with Crippen LogP contribution in [0.15, 0.2) is 47.4 Å². The van der Waals surface area contributed by atoms with Crippen molar-refractivity contribution in [1.82, 2.24) is 4.98 Å². The first-order valence-corrected chi connectivity index (χ1v) is 5.50. The molecule has 0 bridgehead atoms. The molecule has 2 rings (SSSR count). The van der Waals surface area contributed by atoms with E-state index < -0.39 is 0 Å². The van der Waals surface area contributed by atoms with Crippen LogP contribution in [0.4, 0.5) is 10.1 Å². The number of rotatable bonds is 4. The normalized spacial score (nSPS) is 9.95. The molecular weight excluding hydrogens is 251 g/mol. The van der Waals surface area contributed by atoms with Crippen LogP contribution in [0.1, 0.15) is 0 Å². The third kappa shape index (κ3) is 3.95. The van der Waals surface area contributed by atoms with Crippen LogP contribution in [-0.2, 0) is 4.79 Å². The number of carbonyl (C=O) groups is 1. The smallest absolute Gasteiger partial charge is 0.262 e. The summed E-state index contributed by atoms with van der Waals surface area (Å²) in [7, 11) is 0. The zero-order chi connectivity index (χ0) is 13.7. The summed E-state index contributed by atoms with van der Waals surface area (Å²) in [6.07, 6.45) is 1.39. The Morgan fingerprint density at radius 3 is 2.58 bits per heavy atom. The molecule has 6 heteroatoms. The van der Waals surface area contributed by atoms with Crippen LogP contribution in [0.25, 0.3) is 0 Å². The van der Waals surface area contributed by atoms with Crippen LogP contribution in [0.5, 0.6) is 5.75 Å². The molecule has 0 radical (unpaired) electrons. The fourth-order valence-corrected chi connectivity index (χ4v) is 1.37. The highest BCUT2D eigenvalue weighted by atomic mass is 19.1. The van der Waals surface area contributed by atoms with Gasteiger partial charge >= 0.3 is 0 Å². The molecule has 0 atom stereocenters. The Labute approximate surface area is 108 Å². The zero-order valence-electron chi connectivity index (χ0n) is 9.85. The maximum absolute atomic E-state index is 12.6. The van der Waals surface area contributed by atoms with Gasteiger partial charge in [-0.2, -0.15) is 0 Å². The summed E-state index contributed by atoms with van der Waals surface area (Å²) in [6, 6.07) is 8.14. The van der Waals surface area contributed by atoms with Gasteiger partial charge in [0.1, 0.15) is 11.6 Å². The number of ether oxygens (including phenoxy) is 1. The largest absolute Gasteiger partial charge is 0.484 e. The predicted octanol–water partition coefficient (Wildman–Crippen LogP) is 1.53. The SMILES string of the molecule is O=C(COc1ccc(F)cc1)Nc1ccc(=O)[nH]c1. The number of nitrogens with one attached hydrogen (secondary N) is 2. The number of H-pyrrole nitrogens is 1. The van der Waals surface area contributed by atoms with Gasteiger partial charge in [-0.05, 0) is 30.3 Å². The molecule has 0 spiro atoms. The molecule has 0 aliphatic carbocycles. The van der Waals surface area contributed by atoms with E-state index >= 15 is 0 Å². The summed E-state index contributed by atoms with van der Waals surface area (Å²) in [5.74, 6) is -0.348. The van der Waals surface area contributed by atoms with Crippen molar-refractivity contribution < 1.29 is 13.9 Å². The van der Waals surface area contributed by atoms with Crippen molar-refractivity contribution in [2.24, 2.45) is 0 Å². The maximum atomic E-state index is 12.6. The minimum Gasteiger partial charge on any atom is -0.484 e. The number of aromatic nitrogens is 1. The highest BCUT2D eigenvalue weighted by Crippen LogP contribution is 2.11. The van der Waals surface area contributed by atoms with Gasteiger partial charge in [-0.1, -0.05) is 0 Å². The fraction of sp³-hybridized carbons (Fsp3) is 0.0769. The average molecular weight is 262 g/mol. The Hall–Kier alpha value is -2.63. The lowest BCUT2D eigenvalue weighted by Crippen LogP contribution is -2.20. The van der Waals surface area contributed by atoms with Gasteiger partial charge in [-0.25, -0.2) is 4.39 Å². The van der Waals surface area contributed by atoms with Crippen LogP contribution in [0, 0.1) is 5.82 Å². The van der Waals surface area contributed by atoms with Crippen LogP contribution in [-0.4, -0.2) is 17.5 Å². The third-order valence-electron chi connectivity index (χ3n) is 2.25. The lowest BCUT2D eigenvalue weighted by molar-refractivity contribution is -0.118. The summed E-state index contributed by atoms with van der Waals surface area (Å²) in [5.41, 5.74) is 0.216. The van der Waals surface area contributed by atoms with E-state index in [9.17, 15) is 14.0 Å². The second kappa shape index (κ2) is 5.81. The molecule has 0 unspecified atom stereocenters. The summed E-state index contributed by atoms with van der Waals surface area (Å²) < 4.78 is 17.8. The van der Waals surface area contributed by atoms with Crippen LogP contribution >= 0.6 is 0 Å². The zero-order valence-corrected chi connectivity index (χ0v) is 9.85. The number of benzene rings is 1. The summed E-state index contributed by atoms with van der Waals surface area (Å²) in [5, 5.41) is 2.54. The Kier molecular flexibility index (Phi) is 3.92. The van der Waals surface area contributed by atoms with Gasteiger partial charge in [-0.15, -0.1) is 0 Å². The maximum Gasteiger partial charge on any atom is 0.262 e. The van der Waals surface area contributed by atoms with Gasteiger partial charge in [0.05, 0.1) is 5.69 Å². The van der Waals surface area contributed by atoms with Crippen molar-refractivity contribution in [3.8, 4) is 5.75 Å². The van der Waals surface area contributed by atoms with E-state index in [-0.39, 0.29) is 23.9 Å². The minimum atomic E-state index is -0.378. The predicted molar refractivity (Wildman–Crippen MR) is 67.6 cm³/mol. The molecule has 0 saturated carbocycles. The topological polar surface area (TPSA) is 71.2 Å². The molecule has 19 heavy (non-hydrogen) atoms. The number of hydrogen-bond acceptors (Lipinski definition) is 3. The lowest BCUT2D eigenvalue weighted by Gasteiger charge is -2.07. The molecule has 98 valence electrons. The van der Waals surface area contributed by atoms with Gasteiger partial charge in [-0.3, -0.25) is 9.59 Å². The lowest BCUT2D eigenvalue weighted by atomic mass is 10.3. The fourth-order valence-electron chi connectivity index (χ4n) is 1.37. The second-order valence-electron chi connectivity index (χ2n) is 3.73. The van der Waals surface area contributed by atoms with E-state index in [0.717, 1.165) is 0 Å². The van der Waals surface area contributed by atoms with Crippen molar-refractivity contribution in [1.29, 1.82) is 0 Å². The first kappa shape index (κ1) is 12.8. The van der Waals surface area contributed by atoms with Crippen LogP contribution in [0.2, 0.25) is 0 Å². The molecule has 0 fully saturated rings. The number of hydrogen-bond donors (Lipinski definition) is 2. The Morgan fingerprint density at radius 1 is 1.21 bits per heavy atom. The number of halogens is 1. The Bertz CT molecular complexity index is 602. The summed E-state index contributed by atoms with van der Waals surface area (Å²) in [6.45, 7) is -0.204. The van der Waals surface area contributed by atoms with E-state index in [1.165, 1.54) is 42.6 Å². The van der Waals surface area contributed by atoms with Gasteiger partial charge in [0.15, 0.2) is 6.61 Å². The first-order chi connectivity index (χ1) is 9.13. The Morgan fingerprint density at radius 2 is 1.95 bits per heavy atom. The van der Waals surface area contributed by atoms with E-state index in [2.05, 4.69) is 10.3 Å². The number of carbonyl (C=O) groups excluding carboxylic acids is 1. The van der Waals surface area contributed by atoms with Gasteiger partial charge in [0.25, 0.3) is 5.91 Å². The van der Waals surface area contributed by atoms with Gasteiger partial charge in [0, 0.05) is 12.3 Å². The molecule has 5 nitrogen and oxygen atoms in total. The van der Waals surface area contributed by atoms with Crippen molar-refractivity contribution >= 4 is 11.6 Å². The molecule has 2 aromatic rings. The molecule has 0 saturated heterocycles. The summed E-state index contributed by atoms with van der Waals surface area (Å²) >= 11 is 0. The summed E-state index contributed by atoms with van der Waals surface area (Å²) in [4.78, 5) is 24.8. The monoisotopic (exact) mass is 262 g/mol. The second-order valence-corrected chi connectivity index (χ2v) is 3.73. The minimum absolute atomic E-state index is 0.204. The van der Waals surface area contributed by atoms with Crippen molar-refractivity contribution in [3.63, 3.8) is 0 Å². The number of aromatic amines is 1. The molecule has 1 amide bonds. The highest BCUT2D eigenvalue weighted by Gasteiger charge is 2.03. The molecule has 1 heterocycles. The van der Waals surface area contributed by atoms with Crippen molar-refractivity contribution in [3.05, 3.63) is 58.8 Å². The quantitative estimate of drug-likeness (QED) is 0.877. The van der Waals surface area contributed by atoms with Gasteiger partial charge < -0.3 is 15.0 Å². The van der Waals surface area contributed by atoms with E-state index in [0.29, 0.717) is 11.4 Å². The number of anilines is 1. The van der Waals surface area contributed by atoms with Crippen LogP contribution < -0.4 is 15.6 Å². The molecule has 0 aliphatic rings. The van der Waals surface area contributed by atoms with Gasteiger partial charge in [0.2, 0.25) is 5.56 Å². The standard InChI is InChI=1S/C13H11FN2O3/c14-9-1-4-11(5-2-9)19-8-13(18)16-10-3-6-12(17)15-7-10/h1-7H,8H2,(H,15,17)(H,16,18). The number of amides is 1. The molecular formula is C13H11FN2O3. The van der Waals surface area contributed by atoms with E-state index in [1.54, 1.807) is 0 Å². The first-order valence-electron chi connectivity index (χ1n) is 5.50. The van der Waals surface area contributed by atoms with E-state index in [1.807, 2.05) is 0 Å². The molecule has 2 N–H and O–H groups in total. The van der Waals surface area contributed by atoms with E-state index in [4.69, 9.17) is 4.74 Å². The van der Waals surface area contributed by atoms with Crippen LogP contribution in [0.3, 0.4) is 0 Å². The third-order valence-corrected chi connectivity index (χ3v) is 2.25. The van der Waals surface area contributed by atoms with Crippen molar-refractivity contribution in [2.45, 2.75) is 0 Å².